The molecule has 1 atom stereocenters. The second kappa shape index (κ2) is 12.1. The van der Waals surface area contributed by atoms with Gasteiger partial charge in [-0.3, -0.25) is 14.5 Å². The summed E-state index contributed by atoms with van der Waals surface area (Å²) in [6, 6.07) is 15.8. The number of carbonyl (C=O) groups excluding carboxylic acids is 3. The van der Waals surface area contributed by atoms with Gasteiger partial charge in [0, 0.05) is 55.6 Å². The van der Waals surface area contributed by atoms with Crippen LogP contribution in [0.25, 0.3) is 0 Å². The lowest BCUT2D eigenvalue weighted by Crippen LogP contribution is -2.59. The highest BCUT2D eigenvalue weighted by molar-refractivity contribution is 5.90. The number of benzene rings is 2. The number of hydrogen-bond donors (Lipinski definition) is 2. The van der Waals surface area contributed by atoms with Crippen LogP contribution in [0.4, 0.5) is 10.5 Å². The van der Waals surface area contributed by atoms with Crippen LogP contribution in [0.15, 0.2) is 48.5 Å². The Bertz CT molecular complexity index is 1220. The van der Waals surface area contributed by atoms with Crippen LogP contribution >= 0.6 is 0 Å². The number of rotatable bonds is 9. The molecule has 0 aromatic heterocycles. The summed E-state index contributed by atoms with van der Waals surface area (Å²) >= 11 is 0. The Hall–Kier alpha value is -3.83. The number of nitrogens with one attached hydrogen (secondary N) is 1. The normalized spacial score (nSPS) is 17.8. The molecule has 0 radical (unpaired) electrons. The highest BCUT2D eigenvalue weighted by Gasteiger charge is 2.42. The quantitative estimate of drug-likeness (QED) is 0.393. The van der Waals surface area contributed by atoms with Crippen LogP contribution in [0.5, 0.6) is 0 Å². The number of nitrogens with two attached hydrogens (primary N) is 1. The van der Waals surface area contributed by atoms with E-state index in [1.54, 1.807) is 11.8 Å². The number of anilines is 1. The van der Waals surface area contributed by atoms with E-state index in [0.717, 1.165) is 28.8 Å². The fourth-order valence-electron chi connectivity index (χ4n) is 4.82. The number of amides is 3. The number of carbonyl (C=O) groups is 3. The molecule has 2 fully saturated rings. The van der Waals surface area contributed by atoms with Crippen molar-refractivity contribution in [1.29, 1.82) is 0 Å². The first-order valence-electron chi connectivity index (χ1n) is 13.2. The number of unbranched alkanes of at least 4 members (excludes halogenated alkanes) is 1. The molecule has 0 spiro atoms. The van der Waals surface area contributed by atoms with Gasteiger partial charge in [0.25, 0.3) is 0 Å². The smallest absolute Gasteiger partial charge is 0.414 e. The van der Waals surface area contributed by atoms with Crippen LogP contribution in [0.3, 0.4) is 0 Å². The Morgan fingerprint density at radius 1 is 1.18 bits per heavy atom. The van der Waals surface area contributed by atoms with E-state index in [1.165, 1.54) is 0 Å². The Labute approximate surface area is 224 Å². The molecule has 0 saturated carbocycles. The van der Waals surface area contributed by atoms with Crippen molar-refractivity contribution in [2.75, 3.05) is 31.1 Å². The molecule has 2 heterocycles. The van der Waals surface area contributed by atoms with Gasteiger partial charge in [0.1, 0.15) is 6.10 Å². The number of likely N-dealkylation sites (tertiary alicyclic amines) is 1. The summed E-state index contributed by atoms with van der Waals surface area (Å²) in [7, 11) is 0. The van der Waals surface area contributed by atoms with E-state index in [4.69, 9.17) is 10.5 Å². The highest BCUT2D eigenvalue weighted by Crippen LogP contribution is 2.36. The lowest BCUT2D eigenvalue weighted by atomic mass is 9.75. The van der Waals surface area contributed by atoms with E-state index in [-0.39, 0.29) is 23.3 Å². The Kier molecular flexibility index (Phi) is 8.70. The lowest BCUT2D eigenvalue weighted by Gasteiger charge is -2.48. The molecule has 2 saturated heterocycles. The third-order valence-corrected chi connectivity index (χ3v) is 7.12. The summed E-state index contributed by atoms with van der Waals surface area (Å²) in [5.41, 5.74) is 9.47. The summed E-state index contributed by atoms with van der Waals surface area (Å²) in [4.78, 5) is 39.9. The van der Waals surface area contributed by atoms with Crippen molar-refractivity contribution < 1.29 is 19.1 Å². The highest BCUT2D eigenvalue weighted by atomic mass is 16.6. The molecule has 3 N–H and O–H groups in total. The molecule has 4 rings (SSSR count). The molecule has 2 aliphatic rings. The van der Waals surface area contributed by atoms with Gasteiger partial charge in [-0.2, -0.15) is 0 Å². The number of ether oxygens (including phenoxy) is 1. The molecular weight excluding hydrogens is 480 g/mol. The molecule has 0 aliphatic carbocycles. The van der Waals surface area contributed by atoms with E-state index in [1.807, 2.05) is 53.4 Å². The average molecular weight is 517 g/mol. The zero-order chi connectivity index (χ0) is 27.1. The van der Waals surface area contributed by atoms with Gasteiger partial charge in [-0.15, -0.1) is 0 Å². The molecule has 200 valence electrons. The minimum Gasteiger partial charge on any atom is -0.442 e. The van der Waals surface area contributed by atoms with Crippen molar-refractivity contribution >= 4 is 23.6 Å². The van der Waals surface area contributed by atoms with Crippen LogP contribution in [0.1, 0.15) is 56.2 Å². The molecule has 2 aromatic rings. The maximum atomic E-state index is 12.7. The van der Waals surface area contributed by atoms with E-state index in [2.05, 4.69) is 24.1 Å². The fourth-order valence-corrected chi connectivity index (χ4v) is 4.82. The Morgan fingerprint density at radius 2 is 1.95 bits per heavy atom. The maximum absolute atomic E-state index is 12.7. The molecule has 2 aromatic carbocycles. The van der Waals surface area contributed by atoms with Crippen molar-refractivity contribution in [2.45, 2.75) is 57.6 Å². The van der Waals surface area contributed by atoms with Crippen LogP contribution < -0.4 is 16.0 Å². The van der Waals surface area contributed by atoms with Crippen LogP contribution in [0.2, 0.25) is 0 Å². The van der Waals surface area contributed by atoms with E-state index < -0.39 is 6.09 Å². The number of hydrogen-bond acceptors (Lipinski definition) is 5. The molecule has 0 bridgehead atoms. The van der Waals surface area contributed by atoms with Crippen molar-refractivity contribution in [3.05, 3.63) is 65.2 Å². The predicted molar refractivity (Wildman–Crippen MR) is 146 cm³/mol. The first-order chi connectivity index (χ1) is 18.3. The van der Waals surface area contributed by atoms with E-state index >= 15 is 0 Å². The van der Waals surface area contributed by atoms with Gasteiger partial charge in [-0.25, -0.2) is 4.79 Å². The largest absolute Gasteiger partial charge is 0.442 e. The summed E-state index contributed by atoms with van der Waals surface area (Å²) < 4.78 is 5.39. The van der Waals surface area contributed by atoms with Crippen molar-refractivity contribution in [3.8, 4) is 11.8 Å². The van der Waals surface area contributed by atoms with Gasteiger partial charge in [-0.1, -0.05) is 50.0 Å². The number of cyclic esters (lactones) is 1. The fraction of sp³-hybridized carbons (Fsp3) is 0.433. The first-order valence-corrected chi connectivity index (χ1v) is 13.2. The molecular formula is C30H36N4O4. The third-order valence-electron chi connectivity index (χ3n) is 7.12. The van der Waals surface area contributed by atoms with Gasteiger partial charge in [0.2, 0.25) is 11.8 Å². The number of nitrogens with zero attached hydrogens (tertiary/aromatic N) is 2. The van der Waals surface area contributed by atoms with Crippen molar-refractivity contribution in [3.63, 3.8) is 0 Å². The predicted octanol–water partition coefficient (Wildman–Crippen LogP) is 3.32. The minimum atomic E-state index is -0.408. The standard InChI is InChI=1S/C30H36N4O4/c1-3-27(35)32-18-26-19-34(29(37)38-26)25-14-12-24(13-15-25)30(2)20-33(21-30)28(36)11-6-4-5-8-22-9-7-10-23(16-22)17-31/h7,9-10,12-16,26H,3-4,6,11,17-21,31H2,1-2H3,(H,32,35)/t26-/m0/s1. The van der Waals surface area contributed by atoms with Crippen LogP contribution in [-0.2, 0) is 26.3 Å². The topological polar surface area (TPSA) is 105 Å². The molecule has 2 aliphatic heterocycles. The Morgan fingerprint density at radius 3 is 2.66 bits per heavy atom. The zero-order valence-corrected chi connectivity index (χ0v) is 22.2. The van der Waals surface area contributed by atoms with Crippen LogP contribution in [-0.4, -0.2) is 55.1 Å². The molecule has 38 heavy (non-hydrogen) atoms. The first kappa shape index (κ1) is 27.2. The second-order valence-electron chi connectivity index (χ2n) is 10.2. The lowest BCUT2D eigenvalue weighted by molar-refractivity contribution is -0.138. The maximum Gasteiger partial charge on any atom is 0.414 e. The Balaban J connectivity index is 1.22. The van der Waals surface area contributed by atoms with Gasteiger partial charge < -0.3 is 20.7 Å². The summed E-state index contributed by atoms with van der Waals surface area (Å²) in [5, 5.41) is 2.77. The summed E-state index contributed by atoms with van der Waals surface area (Å²) in [6.07, 6.45) is 1.52. The van der Waals surface area contributed by atoms with Crippen molar-refractivity contribution in [2.24, 2.45) is 5.73 Å². The summed E-state index contributed by atoms with van der Waals surface area (Å²) in [5.74, 6) is 6.40. The SMILES string of the molecule is CCC(=O)NC[C@H]1CN(c2ccc(C3(C)CN(C(=O)CCCC#Cc4cccc(CN)c4)C3)cc2)C(=O)O1. The molecule has 0 unspecified atom stereocenters. The zero-order valence-electron chi connectivity index (χ0n) is 22.2. The summed E-state index contributed by atoms with van der Waals surface area (Å²) in [6.45, 7) is 6.49. The molecule has 8 heteroatoms. The third kappa shape index (κ3) is 6.53. The minimum absolute atomic E-state index is 0.0661. The van der Waals surface area contributed by atoms with E-state index in [9.17, 15) is 14.4 Å². The van der Waals surface area contributed by atoms with E-state index in [0.29, 0.717) is 52.0 Å². The average Bonchev–Trinajstić information content (AvgIpc) is 3.30. The van der Waals surface area contributed by atoms with Gasteiger partial charge >= 0.3 is 6.09 Å². The van der Waals surface area contributed by atoms with Crippen molar-refractivity contribution in [1.82, 2.24) is 10.2 Å². The van der Waals surface area contributed by atoms with Gasteiger partial charge in [-0.05, 0) is 41.8 Å². The monoisotopic (exact) mass is 516 g/mol. The van der Waals surface area contributed by atoms with Crippen LogP contribution in [0, 0.1) is 11.8 Å². The van der Waals surface area contributed by atoms with Gasteiger partial charge in [0.05, 0.1) is 13.1 Å². The molecule has 8 nitrogen and oxygen atoms in total. The second-order valence-corrected chi connectivity index (χ2v) is 10.2. The molecule has 3 amide bonds. The van der Waals surface area contributed by atoms with Gasteiger partial charge in [0.15, 0.2) is 0 Å².